The maximum atomic E-state index is 5.57. The van der Waals surface area contributed by atoms with Crippen molar-refractivity contribution in [2.24, 2.45) is 7.05 Å². The average Bonchev–Trinajstić information content (AvgIpc) is 2.80. The third-order valence-electron chi connectivity index (χ3n) is 3.56. The topological polar surface area (TPSA) is 42.3 Å². The number of hydrogen-bond acceptors (Lipinski definition) is 4. The Kier molecular flexibility index (Phi) is 5.16. The lowest BCUT2D eigenvalue weighted by Gasteiger charge is -2.35. The Labute approximate surface area is 109 Å². The number of ether oxygens (including phenoxy) is 1. The van der Waals surface area contributed by atoms with Crippen molar-refractivity contribution in [3.8, 4) is 0 Å². The Morgan fingerprint density at radius 3 is 3.17 bits per heavy atom. The summed E-state index contributed by atoms with van der Waals surface area (Å²) in [6.45, 7) is 8.00. The maximum Gasteiger partial charge on any atom is 0.0634 e. The molecule has 5 nitrogen and oxygen atoms in total. The van der Waals surface area contributed by atoms with E-state index in [1.165, 1.54) is 5.69 Å². The first-order valence-corrected chi connectivity index (χ1v) is 6.80. The molecule has 1 aliphatic rings. The van der Waals surface area contributed by atoms with E-state index in [1.807, 2.05) is 17.9 Å². The molecule has 102 valence electrons. The zero-order valence-corrected chi connectivity index (χ0v) is 11.4. The summed E-state index contributed by atoms with van der Waals surface area (Å²) in [7, 11) is 2.00. The number of aryl methyl sites for hydroxylation is 1. The molecule has 0 bridgehead atoms. The summed E-state index contributed by atoms with van der Waals surface area (Å²) in [6, 6.07) is 2.60. The molecule has 1 N–H and O–H groups in total. The van der Waals surface area contributed by atoms with E-state index in [1.54, 1.807) is 0 Å². The lowest BCUT2D eigenvalue weighted by atomic mass is 10.2. The number of rotatable bonds is 6. The van der Waals surface area contributed by atoms with Crippen LogP contribution >= 0.6 is 0 Å². The first kappa shape index (κ1) is 13.5. The highest BCUT2D eigenvalue weighted by Gasteiger charge is 2.22. The van der Waals surface area contributed by atoms with Gasteiger partial charge in [-0.1, -0.05) is 6.92 Å². The number of likely N-dealkylation sites (N-methyl/N-ethyl adjacent to an activating group) is 1. The second kappa shape index (κ2) is 6.87. The van der Waals surface area contributed by atoms with E-state index in [9.17, 15) is 0 Å². The molecule has 0 aliphatic carbocycles. The molecule has 1 unspecified atom stereocenters. The largest absolute Gasteiger partial charge is 0.378 e. The highest BCUT2D eigenvalue weighted by atomic mass is 16.5. The summed E-state index contributed by atoms with van der Waals surface area (Å²) < 4.78 is 7.53. The van der Waals surface area contributed by atoms with Crippen molar-refractivity contribution < 1.29 is 4.74 Å². The molecule has 18 heavy (non-hydrogen) atoms. The summed E-state index contributed by atoms with van der Waals surface area (Å²) in [6.07, 6.45) is 2.92. The molecule has 2 rings (SSSR count). The molecule has 1 aromatic rings. The summed E-state index contributed by atoms with van der Waals surface area (Å²) in [5.74, 6) is 0. The molecule has 1 fully saturated rings. The Balaban J connectivity index is 1.83. The Morgan fingerprint density at radius 1 is 1.56 bits per heavy atom. The summed E-state index contributed by atoms with van der Waals surface area (Å²) >= 11 is 0. The van der Waals surface area contributed by atoms with Gasteiger partial charge in [-0.2, -0.15) is 5.10 Å². The van der Waals surface area contributed by atoms with Crippen LogP contribution in [0.3, 0.4) is 0 Å². The van der Waals surface area contributed by atoms with E-state index in [0.29, 0.717) is 6.04 Å². The minimum absolute atomic E-state index is 0.506. The van der Waals surface area contributed by atoms with Gasteiger partial charge in [0.15, 0.2) is 0 Å². The van der Waals surface area contributed by atoms with E-state index in [0.717, 1.165) is 45.8 Å². The normalized spacial score (nSPS) is 21.3. The first-order chi connectivity index (χ1) is 8.81. The highest BCUT2D eigenvalue weighted by Crippen LogP contribution is 2.08. The smallest absolute Gasteiger partial charge is 0.0634 e. The average molecular weight is 252 g/mol. The van der Waals surface area contributed by atoms with Gasteiger partial charge in [-0.3, -0.25) is 9.58 Å². The molecule has 1 saturated heterocycles. The molecule has 0 saturated carbocycles. The third kappa shape index (κ3) is 3.54. The van der Waals surface area contributed by atoms with Crippen LogP contribution in [0, 0.1) is 0 Å². The summed E-state index contributed by atoms with van der Waals surface area (Å²) in [5, 5.41) is 7.62. The minimum atomic E-state index is 0.506. The standard InChI is InChI=1S/C13H24N4O/c1-3-14-10-13-11-18-9-8-17(13)7-5-12-4-6-15-16(12)2/h4,6,13-14H,3,5,7-11H2,1-2H3. The van der Waals surface area contributed by atoms with Crippen LogP contribution in [0.2, 0.25) is 0 Å². The van der Waals surface area contributed by atoms with Gasteiger partial charge in [0.2, 0.25) is 0 Å². The molecule has 1 atom stereocenters. The number of morpholine rings is 1. The molecule has 1 aliphatic heterocycles. The third-order valence-corrected chi connectivity index (χ3v) is 3.56. The van der Waals surface area contributed by atoms with Crippen molar-refractivity contribution in [1.82, 2.24) is 20.0 Å². The van der Waals surface area contributed by atoms with Crippen LogP contribution in [-0.2, 0) is 18.2 Å². The van der Waals surface area contributed by atoms with Crippen molar-refractivity contribution in [3.05, 3.63) is 18.0 Å². The lowest BCUT2D eigenvalue weighted by molar-refractivity contribution is -0.00617. The van der Waals surface area contributed by atoms with Crippen molar-refractivity contribution in [3.63, 3.8) is 0 Å². The Morgan fingerprint density at radius 2 is 2.44 bits per heavy atom. The van der Waals surface area contributed by atoms with Crippen molar-refractivity contribution >= 4 is 0 Å². The van der Waals surface area contributed by atoms with Crippen molar-refractivity contribution in [1.29, 1.82) is 0 Å². The number of hydrogen-bond donors (Lipinski definition) is 1. The molecule has 2 heterocycles. The van der Waals surface area contributed by atoms with Crippen LogP contribution in [0.15, 0.2) is 12.3 Å². The van der Waals surface area contributed by atoms with E-state index in [2.05, 4.69) is 28.3 Å². The number of nitrogens with one attached hydrogen (secondary N) is 1. The van der Waals surface area contributed by atoms with Gasteiger partial charge in [0, 0.05) is 51.0 Å². The van der Waals surface area contributed by atoms with E-state index >= 15 is 0 Å². The predicted molar refractivity (Wildman–Crippen MR) is 71.6 cm³/mol. The Bertz CT molecular complexity index is 353. The van der Waals surface area contributed by atoms with Crippen LogP contribution in [0.5, 0.6) is 0 Å². The molecular weight excluding hydrogens is 228 g/mol. The van der Waals surface area contributed by atoms with Gasteiger partial charge in [-0.05, 0) is 12.6 Å². The first-order valence-electron chi connectivity index (χ1n) is 6.80. The SMILES string of the molecule is CCNCC1COCCN1CCc1ccnn1C. The van der Waals surface area contributed by atoms with Crippen LogP contribution < -0.4 is 5.32 Å². The van der Waals surface area contributed by atoms with Gasteiger partial charge in [-0.15, -0.1) is 0 Å². The zero-order valence-electron chi connectivity index (χ0n) is 11.4. The molecule has 1 aromatic heterocycles. The summed E-state index contributed by atoms with van der Waals surface area (Å²) in [5.41, 5.74) is 1.30. The molecular formula is C13H24N4O. The maximum absolute atomic E-state index is 5.57. The van der Waals surface area contributed by atoms with Gasteiger partial charge in [-0.25, -0.2) is 0 Å². The van der Waals surface area contributed by atoms with Gasteiger partial charge >= 0.3 is 0 Å². The summed E-state index contributed by atoms with van der Waals surface area (Å²) in [4.78, 5) is 2.53. The van der Waals surface area contributed by atoms with E-state index < -0.39 is 0 Å². The highest BCUT2D eigenvalue weighted by molar-refractivity contribution is 5.00. The van der Waals surface area contributed by atoms with Crippen molar-refractivity contribution in [2.75, 3.05) is 39.4 Å². The number of aromatic nitrogens is 2. The van der Waals surface area contributed by atoms with Gasteiger partial charge < -0.3 is 10.1 Å². The van der Waals surface area contributed by atoms with Gasteiger partial charge in [0.1, 0.15) is 0 Å². The molecule has 0 spiro atoms. The van der Waals surface area contributed by atoms with Gasteiger partial charge in [0.25, 0.3) is 0 Å². The van der Waals surface area contributed by atoms with E-state index in [-0.39, 0.29) is 0 Å². The van der Waals surface area contributed by atoms with Crippen LogP contribution in [0.4, 0.5) is 0 Å². The van der Waals surface area contributed by atoms with Crippen LogP contribution in [0.1, 0.15) is 12.6 Å². The lowest BCUT2D eigenvalue weighted by Crippen LogP contribution is -2.51. The fourth-order valence-corrected chi connectivity index (χ4v) is 2.39. The van der Waals surface area contributed by atoms with Crippen molar-refractivity contribution in [2.45, 2.75) is 19.4 Å². The Hall–Kier alpha value is -0.910. The van der Waals surface area contributed by atoms with Gasteiger partial charge in [0.05, 0.1) is 13.2 Å². The minimum Gasteiger partial charge on any atom is -0.378 e. The zero-order chi connectivity index (χ0) is 12.8. The van der Waals surface area contributed by atoms with Crippen LogP contribution in [-0.4, -0.2) is 60.1 Å². The molecule has 0 amide bonds. The quantitative estimate of drug-likeness (QED) is 0.789. The predicted octanol–water partition coefficient (Wildman–Crippen LogP) is 0.273. The molecule has 5 heteroatoms. The second-order valence-corrected chi connectivity index (χ2v) is 4.77. The monoisotopic (exact) mass is 252 g/mol. The fourth-order valence-electron chi connectivity index (χ4n) is 2.39. The molecule has 0 aromatic carbocycles. The second-order valence-electron chi connectivity index (χ2n) is 4.77. The van der Waals surface area contributed by atoms with E-state index in [4.69, 9.17) is 4.74 Å². The molecule has 0 radical (unpaired) electrons. The number of nitrogens with zero attached hydrogens (tertiary/aromatic N) is 3. The fraction of sp³-hybridized carbons (Fsp3) is 0.769. The van der Waals surface area contributed by atoms with Crippen LogP contribution in [0.25, 0.3) is 0 Å².